The quantitative estimate of drug-likeness (QED) is 0.186. The molecule has 0 N–H and O–H groups in total. The molecule has 0 radical (unpaired) electrons. The van der Waals surface area contributed by atoms with E-state index in [-0.39, 0.29) is 5.41 Å². The van der Waals surface area contributed by atoms with Crippen molar-refractivity contribution in [2.75, 3.05) is 6.16 Å². The highest BCUT2D eigenvalue weighted by molar-refractivity contribution is 7.73. The van der Waals surface area contributed by atoms with E-state index in [0.717, 1.165) is 0 Å². The molecule has 0 saturated carbocycles. The van der Waals surface area contributed by atoms with Crippen molar-refractivity contribution >= 4 is 47.1 Å². The smallest absolute Gasteiger partial charge is 0.00240 e. The van der Waals surface area contributed by atoms with Crippen molar-refractivity contribution in [1.82, 2.24) is 0 Å². The van der Waals surface area contributed by atoms with Crippen LogP contribution in [0.4, 0.5) is 0 Å². The summed E-state index contributed by atoms with van der Waals surface area (Å²) >= 11 is 0. The number of benzene rings is 4. The van der Waals surface area contributed by atoms with Crippen LogP contribution in [0.2, 0.25) is 0 Å². The predicted octanol–water partition coefficient (Wildman–Crippen LogP) is 9.25. The Morgan fingerprint density at radius 3 is 1.64 bits per heavy atom. The van der Waals surface area contributed by atoms with Gasteiger partial charge in [-0.3, -0.25) is 0 Å². The van der Waals surface area contributed by atoms with Crippen molar-refractivity contribution < 1.29 is 0 Å². The fourth-order valence-corrected chi connectivity index (χ4v) is 11.9. The summed E-state index contributed by atoms with van der Waals surface area (Å²) < 4.78 is 0. The molecule has 1 unspecified atom stereocenters. The lowest BCUT2D eigenvalue weighted by atomic mass is 9.85. The predicted molar refractivity (Wildman–Crippen MR) is 163 cm³/mol. The molecule has 1 aromatic heterocycles. The zero-order valence-corrected chi connectivity index (χ0v) is 22.6. The van der Waals surface area contributed by atoms with Gasteiger partial charge in [-0.05, 0) is 59.4 Å². The first kappa shape index (κ1) is 23.5. The standard InChI is InChI=1S/C34H32P2/c1-34(24-27-14-8-9-15-27,25-35(28-16-4-2-5-17-28)29-18-6-3-7-19-29)26-36-32-22-12-10-20-30(32)31-21-11-13-23-33(31)36/h2-23,27H,24-26H2,1H3. The maximum atomic E-state index is 2.58. The number of hydrogen-bond donors (Lipinski definition) is 0. The number of fused-ring (bicyclic) bond motifs is 3. The van der Waals surface area contributed by atoms with E-state index < -0.39 is 15.5 Å². The van der Waals surface area contributed by atoms with E-state index in [0.29, 0.717) is 5.92 Å². The maximum Gasteiger partial charge on any atom is 0.00240 e. The highest BCUT2D eigenvalue weighted by Gasteiger charge is 2.33. The van der Waals surface area contributed by atoms with Crippen molar-refractivity contribution in [3.63, 3.8) is 0 Å². The molecule has 178 valence electrons. The fourth-order valence-electron chi connectivity index (χ4n) is 5.85. The van der Waals surface area contributed by atoms with Gasteiger partial charge in [-0.1, -0.05) is 140 Å². The Morgan fingerprint density at radius 2 is 1.11 bits per heavy atom. The summed E-state index contributed by atoms with van der Waals surface area (Å²) in [5, 5.41) is 9.03. The molecular formula is C34H32P2. The molecule has 1 atom stereocenters. The summed E-state index contributed by atoms with van der Waals surface area (Å²) in [4.78, 5) is 0. The van der Waals surface area contributed by atoms with E-state index in [4.69, 9.17) is 0 Å². The van der Waals surface area contributed by atoms with Gasteiger partial charge < -0.3 is 0 Å². The minimum Gasteiger partial charge on any atom is -0.108 e. The van der Waals surface area contributed by atoms with Crippen LogP contribution >= 0.6 is 15.5 Å². The minimum absolute atomic E-state index is 0.206. The normalized spacial score (nSPS) is 15.3. The lowest BCUT2D eigenvalue weighted by Crippen LogP contribution is -2.28. The van der Waals surface area contributed by atoms with Gasteiger partial charge in [0, 0.05) is 10.2 Å². The van der Waals surface area contributed by atoms with E-state index >= 15 is 0 Å². The first-order chi connectivity index (χ1) is 17.7. The van der Waals surface area contributed by atoms with Crippen LogP contribution in [0.3, 0.4) is 0 Å². The summed E-state index contributed by atoms with van der Waals surface area (Å²) in [7, 11) is -0.843. The fraction of sp³-hybridized carbons (Fsp3) is 0.176. The lowest BCUT2D eigenvalue weighted by Gasteiger charge is -2.36. The molecule has 0 amide bonds. The van der Waals surface area contributed by atoms with E-state index in [9.17, 15) is 0 Å². The Morgan fingerprint density at radius 1 is 0.639 bits per heavy atom. The second-order valence-electron chi connectivity index (χ2n) is 10.3. The molecule has 2 heteroatoms. The van der Waals surface area contributed by atoms with Crippen LogP contribution in [0.15, 0.2) is 133 Å². The van der Waals surface area contributed by atoms with Crippen molar-refractivity contribution in [3.8, 4) is 0 Å². The van der Waals surface area contributed by atoms with Crippen molar-refractivity contribution in [3.05, 3.63) is 133 Å². The van der Waals surface area contributed by atoms with Crippen molar-refractivity contribution in [1.29, 1.82) is 0 Å². The van der Waals surface area contributed by atoms with Gasteiger partial charge in [-0.15, -0.1) is 7.53 Å². The van der Waals surface area contributed by atoms with Gasteiger partial charge in [0.05, 0.1) is 0 Å². The number of hydrogen-bond acceptors (Lipinski definition) is 0. The summed E-state index contributed by atoms with van der Waals surface area (Å²) in [6, 6.07) is 40.8. The van der Waals surface area contributed by atoms with Crippen LogP contribution in [0.1, 0.15) is 13.3 Å². The summed E-state index contributed by atoms with van der Waals surface area (Å²) in [5.41, 5.74) is 0.206. The van der Waals surface area contributed by atoms with Crippen LogP contribution in [0.5, 0.6) is 0 Å². The van der Waals surface area contributed by atoms with Gasteiger partial charge in [0.25, 0.3) is 0 Å². The maximum absolute atomic E-state index is 2.58. The molecule has 0 aliphatic heterocycles. The first-order valence-electron chi connectivity index (χ1n) is 12.9. The Bertz CT molecular complexity index is 1420. The molecule has 0 spiro atoms. The van der Waals surface area contributed by atoms with Gasteiger partial charge in [0.15, 0.2) is 0 Å². The van der Waals surface area contributed by atoms with Gasteiger partial charge in [-0.2, -0.15) is 0 Å². The Kier molecular flexibility index (Phi) is 6.67. The largest absolute Gasteiger partial charge is 0.108 e. The third-order valence-electron chi connectivity index (χ3n) is 7.45. The van der Waals surface area contributed by atoms with Crippen LogP contribution in [0.25, 0.3) is 21.0 Å². The third kappa shape index (κ3) is 4.74. The Hall–Kier alpha value is -2.91. The number of allylic oxidation sites excluding steroid dienone is 4. The molecule has 0 fully saturated rings. The Balaban J connectivity index is 1.46. The van der Waals surface area contributed by atoms with E-state index in [1.165, 1.54) is 40.1 Å². The molecular weight excluding hydrogens is 470 g/mol. The first-order valence-corrected chi connectivity index (χ1v) is 15.9. The van der Waals surface area contributed by atoms with Gasteiger partial charge in [-0.25, -0.2) is 0 Å². The highest BCUT2D eigenvalue weighted by atomic mass is 31.1. The molecule has 4 aromatic carbocycles. The molecule has 1 heterocycles. The van der Waals surface area contributed by atoms with Crippen LogP contribution in [0, 0.1) is 11.3 Å². The van der Waals surface area contributed by atoms with Crippen LogP contribution < -0.4 is 10.6 Å². The van der Waals surface area contributed by atoms with Crippen molar-refractivity contribution in [2.45, 2.75) is 19.5 Å². The van der Waals surface area contributed by atoms with E-state index in [1.54, 1.807) is 10.2 Å². The summed E-state index contributed by atoms with van der Waals surface area (Å²) in [6.45, 7) is 2.58. The molecule has 1 aliphatic rings. The number of rotatable bonds is 8. The van der Waals surface area contributed by atoms with Crippen molar-refractivity contribution in [2.24, 2.45) is 11.3 Å². The molecule has 0 saturated heterocycles. The SMILES string of the molecule is CC(CC1C=CC=C1)(CP(c1ccccc1)c1ccccc1)Cp1c2ccccc2c2ccccc21. The van der Waals surface area contributed by atoms with E-state index in [2.05, 4.69) is 140 Å². The molecule has 5 aromatic rings. The summed E-state index contributed by atoms with van der Waals surface area (Å²) in [5.74, 6) is 0.529. The molecule has 0 bridgehead atoms. The lowest BCUT2D eigenvalue weighted by molar-refractivity contribution is 0.342. The summed E-state index contributed by atoms with van der Waals surface area (Å²) in [6.07, 6.45) is 12.9. The minimum atomic E-state index is -0.452. The van der Waals surface area contributed by atoms with Gasteiger partial charge >= 0.3 is 0 Å². The Labute approximate surface area is 217 Å². The molecule has 36 heavy (non-hydrogen) atoms. The molecule has 1 aliphatic carbocycles. The van der Waals surface area contributed by atoms with Gasteiger partial charge in [0.1, 0.15) is 0 Å². The second-order valence-corrected chi connectivity index (χ2v) is 14.7. The average Bonchev–Trinajstić information content (AvgIpc) is 3.55. The monoisotopic (exact) mass is 502 g/mol. The van der Waals surface area contributed by atoms with E-state index in [1.807, 2.05) is 0 Å². The van der Waals surface area contributed by atoms with Crippen LogP contribution in [-0.2, 0) is 6.16 Å². The molecule has 0 nitrogen and oxygen atoms in total. The second kappa shape index (κ2) is 10.2. The highest BCUT2D eigenvalue weighted by Crippen LogP contribution is 2.56. The van der Waals surface area contributed by atoms with Gasteiger partial charge in [0.2, 0.25) is 0 Å². The average molecular weight is 503 g/mol. The molecule has 6 rings (SSSR count). The third-order valence-corrected chi connectivity index (χ3v) is 13.4. The zero-order valence-electron chi connectivity index (χ0n) is 20.8. The zero-order chi connectivity index (χ0) is 24.4. The topological polar surface area (TPSA) is 0 Å². The van der Waals surface area contributed by atoms with Crippen LogP contribution in [-0.4, -0.2) is 6.16 Å².